The van der Waals surface area contributed by atoms with Gasteiger partial charge in [0.05, 0.1) is 10.1 Å². The van der Waals surface area contributed by atoms with Gasteiger partial charge in [-0.25, -0.2) is 8.42 Å². The Morgan fingerprint density at radius 2 is 1.88 bits per heavy atom. The summed E-state index contributed by atoms with van der Waals surface area (Å²) in [6.45, 7) is 0. The van der Waals surface area contributed by atoms with E-state index < -0.39 is 9.84 Å². The Labute approximate surface area is 108 Å². The average molecular weight is 272 g/mol. The molecule has 0 spiro atoms. The van der Waals surface area contributed by atoms with E-state index in [0.29, 0.717) is 17.2 Å². The molecule has 2 nitrogen and oxygen atoms in total. The van der Waals surface area contributed by atoms with E-state index in [9.17, 15) is 8.42 Å². The molecule has 0 aliphatic heterocycles. The Balaban J connectivity index is 2.21. The lowest BCUT2D eigenvalue weighted by Crippen LogP contribution is -2.29. The Bertz CT molecular complexity index is 456. The Hall–Kier alpha value is -0.540. The topological polar surface area (TPSA) is 34.1 Å². The fourth-order valence-corrected chi connectivity index (χ4v) is 4.30. The molecule has 2 rings (SSSR count). The van der Waals surface area contributed by atoms with Crippen LogP contribution in [-0.4, -0.2) is 19.5 Å². The second kappa shape index (κ2) is 5.40. The summed E-state index contributed by atoms with van der Waals surface area (Å²) < 4.78 is 24.7. The Morgan fingerprint density at radius 3 is 2.53 bits per heavy atom. The maximum absolute atomic E-state index is 12.4. The van der Waals surface area contributed by atoms with Crippen molar-refractivity contribution in [2.24, 2.45) is 5.92 Å². The van der Waals surface area contributed by atoms with Crippen LogP contribution in [0, 0.1) is 12.3 Å². The summed E-state index contributed by atoms with van der Waals surface area (Å²) in [6.07, 6.45) is 4.57. The molecule has 17 heavy (non-hydrogen) atoms. The van der Waals surface area contributed by atoms with Crippen LogP contribution < -0.4 is 0 Å². The molecule has 1 saturated carbocycles. The lowest BCUT2D eigenvalue weighted by Gasteiger charge is -2.27. The van der Waals surface area contributed by atoms with Crippen LogP contribution in [0.4, 0.5) is 0 Å². The van der Waals surface area contributed by atoms with Crippen molar-refractivity contribution in [3.05, 3.63) is 36.8 Å². The lowest BCUT2D eigenvalue weighted by atomic mass is 9.90. The van der Waals surface area contributed by atoms with E-state index in [1.807, 2.05) is 12.5 Å². The van der Waals surface area contributed by atoms with Gasteiger partial charge < -0.3 is 0 Å². The first-order chi connectivity index (χ1) is 8.14. The van der Waals surface area contributed by atoms with E-state index in [2.05, 4.69) is 0 Å². The molecular weight excluding hydrogens is 256 g/mol. The van der Waals surface area contributed by atoms with Gasteiger partial charge in [-0.15, -0.1) is 11.6 Å². The van der Waals surface area contributed by atoms with Crippen molar-refractivity contribution in [2.45, 2.75) is 29.4 Å². The zero-order valence-corrected chi connectivity index (χ0v) is 11.1. The number of sulfone groups is 1. The van der Waals surface area contributed by atoms with Crippen LogP contribution in [0.15, 0.2) is 35.2 Å². The highest BCUT2D eigenvalue weighted by atomic mass is 35.5. The SMILES string of the molecule is O=S(=O)(c1ccccc1)C1[CH]C(CCl)CCC1. The minimum Gasteiger partial charge on any atom is -0.223 e. The first-order valence-corrected chi connectivity index (χ1v) is 7.92. The smallest absolute Gasteiger partial charge is 0.181 e. The molecule has 1 fully saturated rings. The number of rotatable bonds is 3. The van der Waals surface area contributed by atoms with Crippen molar-refractivity contribution in [1.82, 2.24) is 0 Å². The van der Waals surface area contributed by atoms with Gasteiger partial charge in [0.15, 0.2) is 9.84 Å². The van der Waals surface area contributed by atoms with Gasteiger partial charge in [-0.05, 0) is 37.3 Å². The summed E-state index contributed by atoms with van der Waals surface area (Å²) in [5.74, 6) is 0.745. The van der Waals surface area contributed by atoms with Crippen molar-refractivity contribution in [2.75, 3.05) is 5.88 Å². The molecule has 0 bridgehead atoms. The summed E-state index contributed by atoms with van der Waals surface area (Å²) in [5, 5.41) is -0.373. The molecule has 0 N–H and O–H groups in total. The van der Waals surface area contributed by atoms with Gasteiger partial charge in [-0.1, -0.05) is 24.6 Å². The normalized spacial score (nSPS) is 25.7. The number of benzene rings is 1. The third-order valence-electron chi connectivity index (χ3n) is 3.22. The van der Waals surface area contributed by atoms with E-state index in [1.54, 1.807) is 24.3 Å². The molecule has 93 valence electrons. The predicted octanol–water partition coefficient (Wildman–Crippen LogP) is 3.07. The molecule has 1 aliphatic carbocycles. The van der Waals surface area contributed by atoms with Crippen molar-refractivity contribution in [3.63, 3.8) is 0 Å². The molecule has 1 aromatic rings. The van der Waals surface area contributed by atoms with E-state index in [-0.39, 0.29) is 11.2 Å². The van der Waals surface area contributed by atoms with Crippen molar-refractivity contribution < 1.29 is 8.42 Å². The fraction of sp³-hybridized carbons (Fsp3) is 0.462. The average Bonchev–Trinajstić information content (AvgIpc) is 2.40. The maximum atomic E-state index is 12.4. The van der Waals surface area contributed by atoms with Crippen LogP contribution in [-0.2, 0) is 9.84 Å². The van der Waals surface area contributed by atoms with Gasteiger partial charge in [-0.3, -0.25) is 0 Å². The van der Waals surface area contributed by atoms with Crippen LogP contribution in [0.25, 0.3) is 0 Å². The lowest BCUT2D eigenvalue weighted by molar-refractivity contribution is 0.469. The van der Waals surface area contributed by atoms with Gasteiger partial charge in [0, 0.05) is 5.88 Å². The molecule has 0 aromatic heterocycles. The zero-order valence-electron chi connectivity index (χ0n) is 9.55. The van der Waals surface area contributed by atoms with Crippen LogP contribution >= 0.6 is 11.6 Å². The van der Waals surface area contributed by atoms with Crippen molar-refractivity contribution >= 4 is 21.4 Å². The summed E-state index contributed by atoms with van der Waals surface area (Å²) >= 11 is 5.82. The third-order valence-corrected chi connectivity index (χ3v) is 5.73. The molecule has 1 aliphatic rings. The quantitative estimate of drug-likeness (QED) is 0.792. The van der Waals surface area contributed by atoms with Crippen LogP contribution in [0.3, 0.4) is 0 Å². The maximum Gasteiger partial charge on any atom is 0.181 e. The highest BCUT2D eigenvalue weighted by Gasteiger charge is 2.32. The second-order valence-electron chi connectivity index (χ2n) is 4.43. The first-order valence-electron chi connectivity index (χ1n) is 5.84. The van der Waals surface area contributed by atoms with Gasteiger partial charge in [0.25, 0.3) is 0 Å². The highest BCUT2D eigenvalue weighted by Crippen LogP contribution is 2.31. The molecule has 0 heterocycles. The van der Waals surface area contributed by atoms with Crippen LogP contribution in [0.5, 0.6) is 0 Å². The van der Waals surface area contributed by atoms with Crippen LogP contribution in [0.1, 0.15) is 19.3 Å². The minimum atomic E-state index is -3.22. The van der Waals surface area contributed by atoms with E-state index in [0.717, 1.165) is 12.8 Å². The van der Waals surface area contributed by atoms with E-state index >= 15 is 0 Å². The molecule has 0 amide bonds. The second-order valence-corrected chi connectivity index (χ2v) is 6.91. The monoisotopic (exact) mass is 271 g/mol. The first kappa shape index (κ1) is 12.9. The van der Waals surface area contributed by atoms with Gasteiger partial charge in [-0.2, -0.15) is 0 Å². The molecule has 0 saturated heterocycles. The predicted molar refractivity (Wildman–Crippen MR) is 69.8 cm³/mol. The molecule has 1 aromatic carbocycles. The minimum absolute atomic E-state index is 0.230. The summed E-state index contributed by atoms with van der Waals surface area (Å²) in [4.78, 5) is 0.413. The molecule has 2 unspecified atom stereocenters. The number of hydrogen-bond donors (Lipinski definition) is 0. The zero-order chi connectivity index (χ0) is 12.3. The largest absolute Gasteiger partial charge is 0.223 e. The van der Waals surface area contributed by atoms with Gasteiger partial charge in [0.2, 0.25) is 0 Å². The standard InChI is InChI=1S/C13H16ClO2S/c14-10-11-5-4-8-13(9-11)17(15,16)12-6-2-1-3-7-12/h1-3,6-7,9,11,13H,4-5,8,10H2. The number of alkyl halides is 1. The fourth-order valence-electron chi connectivity index (χ4n) is 2.25. The summed E-state index contributed by atoms with van der Waals surface area (Å²) in [7, 11) is -3.22. The Morgan fingerprint density at radius 1 is 1.18 bits per heavy atom. The molecular formula is C13H16ClO2S. The van der Waals surface area contributed by atoms with Crippen molar-refractivity contribution in [3.8, 4) is 0 Å². The van der Waals surface area contributed by atoms with E-state index in [4.69, 9.17) is 11.6 Å². The third kappa shape index (κ3) is 2.83. The Kier molecular flexibility index (Phi) is 4.10. The van der Waals surface area contributed by atoms with E-state index in [1.165, 1.54) is 0 Å². The summed E-state index contributed by atoms with van der Waals surface area (Å²) in [6, 6.07) is 8.66. The highest BCUT2D eigenvalue weighted by molar-refractivity contribution is 7.92. The molecule has 2 atom stereocenters. The van der Waals surface area contributed by atoms with Gasteiger partial charge >= 0.3 is 0 Å². The van der Waals surface area contributed by atoms with Crippen LogP contribution in [0.2, 0.25) is 0 Å². The van der Waals surface area contributed by atoms with Crippen molar-refractivity contribution in [1.29, 1.82) is 0 Å². The number of hydrogen-bond acceptors (Lipinski definition) is 2. The molecule has 1 radical (unpaired) electrons. The summed E-state index contributed by atoms with van der Waals surface area (Å²) in [5.41, 5.74) is 0. The van der Waals surface area contributed by atoms with Gasteiger partial charge in [0.1, 0.15) is 0 Å². The molecule has 4 heteroatoms. The number of halogens is 1.